The van der Waals surface area contributed by atoms with E-state index in [0.29, 0.717) is 23.5 Å². The molecule has 0 aliphatic carbocycles. The number of hydrogen-bond acceptors (Lipinski definition) is 4. The van der Waals surface area contributed by atoms with Gasteiger partial charge in [0.05, 0.1) is 12.7 Å². The molecule has 24 heavy (non-hydrogen) atoms. The summed E-state index contributed by atoms with van der Waals surface area (Å²) >= 11 is 0. The van der Waals surface area contributed by atoms with Crippen LogP contribution in [0.15, 0.2) is 35.3 Å². The third kappa shape index (κ3) is 3.36. The highest BCUT2D eigenvalue weighted by Crippen LogP contribution is 2.18. The first-order chi connectivity index (χ1) is 11.6. The van der Waals surface area contributed by atoms with Crippen molar-refractivity contribution in [2.75, 3.05) is 20.7 Å². The van der Waals surface area contributed by atoms with E-state index in [9.17, 15) is 9.59 Å². The lowest BCUT2D eigenvalue weighted by molar-refractivity contribution is 0.0601. The molecule has 0 spiro atoms. The zero-order valence-electron chi connectivity index (χ0n) is 14.3. The lowest BCUT2D eigenvalue weighted by atomic mass is 10.00. The number of rotatable bonds is 4. The quantitative estimate of drug-likeness (QED) is 0.810. The molecule has 0 unspecified atom stereocenters. The number of fused-ring (bicyclic) bond motifs is 1. The molecule has 0 bridgehead atoms. The van der Waals surface area contributed by atoms with E-state index in [1.165, 1.54) is 26.4 Å². The molecule has 2 heterocycles. The zero-order valence-corrected chi connectivity index (χ0v) is 14.3. The van der Waals surface area contributed by atoms with Crippen LogP contribution in [0.3, 0.4) is 0 Å². The molecule has 1 aliphatic rings. The van der Waals surface area contributed by atoms with E-state index < -0.39 is 5.97 Å². The summed E-state index contributed by atoms with van der Waals surface area (Å²) in [4.78, 5) is 26.8. The molecular formula is C19H24N2O3. The van der Waals surface area contributed by atoms with E-state index in [1.54, 1.807) is 22.8 Å². The standard InChI is InChI=1S/C19H24N2O3/c1-20-10-4-3-5-16(20)9-12-21-11-8-14-6-7-15(19(23)24-2)13-17(14)18(21)22/h6-8,11,13,16H,3-5,9-10,12H2,1-2H3/t16-/m0/s1. The molecule has 1 aliphatic heterocycles. The van der Waals surface area contributed by atoms with E-state index in [2.05, 4.69) is 11.9 Å². The first-order valence-corrected chi connectivity index (χ1v) is 8.52. The van der Waals surface area contributed by atoms with Gasteiger partial charge in [-0.2, -0.15) is 0 Å². The summed E-state index contributed by atoms with van der Waals surface area (Å²) in [5.41, 5.74) is 0.364. The summed E-state index contributed by atoms with van der Waals surface area (Å²) in [6, 6.07) is 7.59. The number of aromatic nitrogens is 1. The Labute approximate surface area is 141 Å². The minimum absolute atomic E-state index is 0.0447. The van der Waals surface area contributed by atoms with E-state index in [-0.39, 0.29) is 5.56 Å². The molecule has 128 valence electrons. The molecule has 1 atom stereocenters. The van der Waals surface area contributed by atoms with Crippen LogP contribution in [0.25, 0.3) is 10.8 Å². The number of methoxy groups -OCH3 is 1. The molecule has 0 saturated carbocycles. The highest BCUT2D eigenvalue weighted by molar-refractivity contribution is 5.95. The van der Waals surface area contributed by atoms with Gasteiger partial charge < -0.3 is 14.2 Å². The summed E-state index contributed by atoms with van der Waals surface area (Å²) in [5.74, 6) is -0.421. The van der Waals surface area contributed by atoms with Crippen molar-refractivity contribution in [3.63, 3.8) is 0 Å². The second-order valence-corrected chi connectivity index (χ2v) is 6.53. The smallest absolute Gasteiger partial charge is 0.337 e. The number of ether oxygens (including phenoxy) is 1. The average Bonchev–Trinajstić information content (AvgIpc) is 2.61. The Hall–Kier alpha value is -2.14. The minimum Gasteiger partial charge on any atom is -0.465 e. The number of hydrogen-bond donors (Lipinski definition) is 0. The molecule has 0 amide bonds. The molecule has 3 rings (SSSR count). The van der Waals surface area contributed by atoms with Gasteiger partial charge in [-0.15, -0.1) is 0 Å². The molecule has 0 N–H and O–H groups in total. The van der Waals surface area contributed by atoms with Gasteiger partial charge >= 0.3 is 5.97 Å². The number of benzene rings is 1. The summed E-state index contributed by atoms with van der Waals surface area (Å²) < 4.78 is 6.50. The lowest BCUT2D eigenvalue weighted by Gasteiger charge is -2.32. The second kappa shape index (κ2) is 7.18. The number of carbonyl (C=O) groups excluding carboxylic acids is 1. The Morgan fingerprint density at radius 3 is 2.88 bits per heavy atom. The average molecular weight is 328 g/mol. The van der Waals surface area contributed by atoms with Crippen molar-refractivity contribution in [3.8, 4) is 0 Å². The normalized spacial score (nSPS) is 18.7. The molecule has 1 saturated heterocycles. The number of esters is 1. The van der Waals surface area contributed by atoms with Gasteiger partial charge in [-0.25, -0.2) is 4.79 Å². The Bertz CT molecular complexity index is 797. The highest BCUT2D eigenvalue weighted by atomic mass is 16.5. The second-order valence-electron chi connectivity index (χ2n) is 6.53. The topological polar surface area (TPSA) is 51.5 Å². The highest BCUT2D eigenvalue weighted by Gasteiger charge is 2.18. The lowest BCUT2D eigenvalue weighted by Crippen LogP contribution is -2.37. The molecule has 5 heteroatoms. The van der Waals surface area contributed by atoms with Gasteiger partial charge in [-0.3, -0.25) is 4.79 Å². The number of nitrogens with zero attached hydrogens (tertiary/aromatic N) is 2. The van der Waals surface area contributed by atoms with Gasteiger partial charge in [-0.1, -0.05) is 12.5 Å². The fourth-order valence-electron chi connectivity index (χ4n) is 3.50. The van der Waals surface area contributed by atoms with Gasteiger partial charge in [0.15, 0.2) is 0 Å². The third-order valence-corrected chi connectivity index (χ3v) is 5.02. The van der Waals surface area contributed by atoms with Gasteiger partial charge in [0.1, 0.15) is 0 Å². The van der Waals surface area contributed by atoms with Crippen molar-refractivity contribution in [3.05, 3.63) is 46.4 Å². The van der Waals surface area contributed by atoms with Gasteiger partial charge in [0.25, 0.3) is 5.56 Å². The Kier molecular flexibility index (Phi) is 5.00. The maximum atomic E-state index is 12.7. The first-order valence-electron chi connectivity index (χ1n) is 8.52. The molecule has 0 radical (unpaired) electrons. The van der Waals surface area contributed by atoms with Gasteiger partial charge in [0, 0.05) is 24.2 Å². The minimum atomic E-state index is -0.421. The van der Waals surface area contributed by atoms with Crippen molar-refractivity contribution in [1.29, 1.82) is 0 Å². The number of aryl methyl sites for hydroxylation is 1. The van der Waals surface area contributed by atoms with Gasteiger partial charge in [-0.05, 0) is 56.4 Å². The third-order valence-electron chi connectivity index (χ3n) is 5.02. The number of piperidine rings is 1. The number of pyridine rings is 1. The molecule has 1 aromatic carbocycles. The summed E-state index contributed by atoms with van der Waals surface area (Å²) in [7, 11) is 3.51. The predicted molar refractivity (Wildman–Crippen MR) is 94.4 cm³/mol. The molecule has 1 fully saturated rings. The van der Waals surface area contributed by atoms with Crippen LogP contribution in [0.5, 0.6) is 0 Å². The largest absolute Gasteiger partial charge is 0.465 e. The summed E-state index contributed by atoms with van der Waals surface area (Å²) in [6.45, 7) is 1.84. The van der Waals surface area contributed by atoms with E-state index in [4.69, 9.17) is 4.74 Å². The van der Waals surface area contributed by atoms with Crippen LogP contribution in [0.1, 0.15) is 36.0 Å². The van der Waals surface area contributed by atoms with Crippen LogP contribution in [0.4, 0.5) is 0 Å². The van der Waals surface area contributed by atoms with E-state index >= 15 is 0 Å². The summed E-state index contributed by atoms with van der Waals surface area (Å²) in [5, 5.41) is 1.41. The van der Waals surface area contributed by atoms with Crippen LogP contribution >= 0.6 is 0 Å². The molecule has 5 nitrogen and oxygen atoms in total. The fraction of sp³-hybridized carbons (Fsp3) is 0.474. The van der Waals surface area contributed by atoms with E-state index in [0.717, 1.165) is 18.4 Å². The predicted octanol–water partition coefficient (Wildman–Crippen LogP) is 2.66. The SMILES string of the molecule is COC(=O)c1ccc2ccn(CC[C@@H]3CCCCN3C)c(=O)c2c1. The van der Waals surface area contributed by atoms with Crippen molar-refractivity contribution >= 4 is 16.7 Å². The summed E-state index contributed by atoms with van der Waals surface area (Å²) in [6.07, 6.45) is 6.55. The van der Waals surface area contributed by atoms with Crippen LogP contribution in [-0.2, 0) is 11.3 Å². The maximum Gasteiger partial charge on any atom is 0.337 e. The Balaban J connectivity index is 1.84. The first kappa shape index (κ1) is 16.7. The molecular weight excluding hydrogens is 304 g/mol. The number of carbonyl (C=O) groups is 1. The van der Waals surface area contributed by atoms with Crippen molar-refractivity contribution in [2.45, 2.75) is 38.3 Å². The molecule has 2 aromatic rings. The fourth-order valence-corrected chi connectivity index (χ4v) is 3.50. The van der Waals surface area contributed by atoms with Crippen LogP contribution in [0, 0.1) is 0 Å². The van der Waals surface area contributed by atoms with Crippen molar-refractivity contribution in [1.82, 2.24) is 9.47 Å². The Morgan fingerprint density at radius 1 is 1.29 bits per heavy atom. The zero-order chi connectivity index (χ0) is 17.1. The van der Waals surface area contributed by atoms with Crippen LogP contribution in [0.2, 0.25) is 0 Å². The monoisotopic (exact) mass is 328 g/mol. The van der Waals surface area contributed by atoms with Gasteiger partial charge in [0.2, 0.25) is 0 Å². The Morgan fingerprint density at radius 2 is 2.12 bits per heavy atom. The number of likely N-dealkylation sites (tertiary alicyclic amines) is 1. The van der Waals surface area contributed by atoms with Crippen LogP contribution in [-0.4, -0.2) is 42.2 Å². The van der Waals surface area contributed by atoms with Crippen molar-refractivity contribution < 1.29 is 9.53 Å². The maximum absolute atomic E-state index is 12.7. The molecule has 1 aromatic heterocycles. The van der Waals surface area contributed by atoms with Crippen molar-refractivity contribution in [2.24, 2.45) is 0 Å². The van der Waals surface area contributed by atoms with E-state index in [1.807, 2.05) is 12.3 Å². The van der Waals surface area contributed by atoms with Crippen LogP contribution < -0.4 is 5.56 Å².